The monoisotopic (exact) mass is 502 g/mol. The van der Waals surface area contributed by atoms with E-state index in [-0.39, 0.29) is 17.5 Å². The number of nitrogens with zero attached hydrogens (tertiary/aromatic N) is 1. The lowest BCUT2D eigenvalue weighted by atomic mass is 9.64. The lowest BCUT2D eigenvalue weighted by molar-refractivity contribution is -0.121. The molecule has 0 radical (unpaired) electrons. The molecule has 3 aliphatic heterocycles. The molecule has 4 atom stereocenters. The van der Waals surface area contributed by atoms with Crippen LogP contribution in [0.1, 0.15) is 31.2 Å². The molecular weight excluding hydrogens is 480 g/mol. The predicted octanol–water partition coefficient (Wildman–Crippen LogP) is 5.60. The van der Waals surface area contributed by atoms with Gasteiger partial charge in [-0.15, -0.1) is 11.3 Å². The van der Waals surface area contributed by atoms with Crippen LogP contribution in [0.25, 0.3) is 6.08 Å². The van der Waals surface area contributed by atoms with Crippen molar-refractivity contribution >= 4 is 46.3 Å². The summed E-state index contributed by atoms with van der Waals surface area (Å²) < 4.78 is 0. The number of anilines is 2. The van der Waals surface area contributed by atoms with Crippen LogP contribution in [-0.2, 0) is 10.2 Å². The van der Waals surface area contributed by atoms with E-state index in [2.05, 4.69) is 5.32 Å². The van der Waals surface area contributed by atoms with Gasteiger partial charge < -0.3 is 10.2 Å². The fourth-order valence-corrected chi connectivity index (χ4v) is 7.16. The first kappa shape index (κ1) is 21.9. The van der Waals surface area contributed by atoms with E-state index in [0.717, 1.165) is 16.8 Å². The third-order valence-corrected chi connectivity index (χ3v) is 8.80. The zero-order chi connectivity index (χ0) is 25.1. The lowest BCUT2D eigenvalue weighted by Gasteiger charge is -2.37. The molecule has 3 aliphatic rings. The van der Waals surface area contributed by atoms with Crippen LogP contribution in [0.4, 0.5) is 11.4 Å². The summed E-state index contributed by atoms with van der Waals surface area (Å²) in [6.07, 6.45) is 4.01. The Bertz CT molecular complexity index is 1590. The maximum Gasteiger partial charge on any atom is 0.238 e. The minimum absolute atomic E-state index is 0.145. The second-order valence-electron chi connectivity index (χ2n) is 9.63. The summed E-state index contributed by atoms with van der Waals surface area (Å²) in [4.78, 5) is 45.7. The van der Waals surface area contributed by atoms with Gasteiger partial charge in [0.25, 0.3) is 0 Å². The van der Waals surface area contributed by atoms with Crippen molar-refractivity contribution in [3.63, 3.8) is 0 Å². The third-order valence-electron chi connectivity index (χ3n) is 7.92. The number of carbonyl (C=O) groups excluding carboxylic acids is 3. The van der Waals surface area contributed by atoms with Crippen LogP contribution in [0, 0.1) is 5.92 Å². The number of amides is 1. The number of hydrogen-bond donors (Lipinski definition) is 1. The molecule has 4 aromatic rings. The largest absolute Gasteiger partial charge is 0.352 e. The first-order valence-corrected chi connectivity index (χ1v) is 13.1. The van der Waals surface area contributed by atoms with E-state index in [4.69, 9.17) is 0 Å². The predicted molar refractivity (Wildman–Crippen MR) is 145 cm³/mol. The molecule has 0 saturated carbocycles. The van der Waals surface area contributed by atoms with Crippen LogP contribution < -0.4 is 10.2 Å². The van der Waals surface area contributed by atoms with E-state index in [9.17, 15) is 14.4 Å². The van der Waals surface area contributed by atoms with Gasteiger partial charge in [0, 0.05) is 16.9 Å². The molecule has 180 valence electrons. The van der Waals surface area contributed by atoms with Gasteiger partial charge in [-0.2, -0.15) is 0 Å². The molecule has 0 aliphatic carbocycles. The summed E-state index contributed by atoms with van der Waals surface area (Å²) in [6.45, 7) is 0. The minimum atomic E-state index is -1.27. The highest BCUT2D eigenvalue weighted by molar-refractivity contribution is 7.12. The van der Waals surface area contributed by atoms with E-state index >= 15 is 0 Å². The Labute approximate surface area is 218 Å². The zero-order valence-corrected chi connectivity index (χ0v) is 20.5. The average molecular weight is 503 g/mol. The zero-order valence-electron chi connectivity index (χ0n) is 19.7. The van der Waals surface area contributed by atoms with E-state index in [1.807, 2.05) is 95.2 Å². The van der Waals surface area contributed by atoms with Crippen molar-refractivity contribution in [3.05, 3.63) is 124 Å². The summed E-state index contributed by atoms with van der Waals surface area (Å²) in [7, 11) is 0. The SMILES string of the molecule is O=C(c1cccs1)[C@@H]1[C@@H](C(=O)c2ccccc2)[C@]2(C(=O)Nc3ccccc32)[C@H]2C=Cc3ccccc3N12. The summed E-state index contributed by atoms with van der Waals surface area (Å²) in [5, 5.41) is 4.92. The molecule has 1 N–H and O–H groups in total. The van der Waals surface area contributed by atoms with Gasteiger partial charge in [0.2, 0.25) is 5.91 Å². The highest BCUT2D eigenvalue weighted by Gasteiger charge is 2.70. The number of hydrogen-bond acceptors (Lipinski definition) is 5. The second kappa shape index (κ2) is 8.11. The standard InChI is InChI=1S/C31H22N2O3S/c34-28(20-10-2-1-3-11-20)26-27(29(35)24-15-8-18-37-24)33-23-14-7-4-9-19(23)16-17-25(33)31(26)21-12-5-6-13-22(21)32-30(31)36/h1-18,25-27H,(H,32,36)/t25-,26+,27+,31-/m1/s1. The van der Waals surface area contributed by atoms with Crippen molar-refractivity contribution < 1.29 is 14.4 Å². The first-order chi connectivity index (χ1) is 18.1. The number of thiophene rings is 1. The normalized spacial score (nSPS) is 24.9. The second-order valence-corrected chi connectivity index (χ2v) is 10.6. The van der Waals surface area contributed by atoms with E-state index in [0.29, 0.717) is 16.1 Å². The summed E-state index contributed by atoms with van der Waals surface area (Å²) in [6, 6.07) is 26.7. The Morgan fingerprint density at radius 1 is 0.838 bits per heavy atom. The number of para-hydroxylation sites is 2. The van der Waals surface area contributed by atoms with Crippen LogP contribution in [0.15, 0.2) is 102 Å². The van der Waals surface area contributed by atoms with Crippen molar-refractivity contribution in [2.24, 2.45) is 5.92 Å². The summed E-state index contributed by atoms with van der Waals surface area (Å²) in [5.41, 5.74) is 2.47. The fourth-order valence-electron chi connectivity index (χ4n) is 6.47. The fraction of sp³-hybridized carbons (Fsp3) is 0.129. The molecule has 4 heterocycles. The molecule has 3 aromatic carbocycles. The topological polar surface area (TPSA) is 66.5 Å². The minimum Gasteiger partial charge on any atom is -0.352 e. The number of benzene rings is 3. The van der Waals surface area contributed by atoms with Crippen molar-refractivity contribution in [1.82, 2.24) is 0 Å². The van der Waals surface area contributed by atoms with Crippen molar-refractivity contribution in [2.75, 3.05) is 10.2 Å². The number of ketones is 2. The van der Waals surface area contributed by atoms with Gasteiger partial charge in [0.1, 0.15) is 11.5 Å². The Kier molecular flexibility index (Phi) is 4.81. The highest BCUT2D eigenvalue weighted by Crippen LogP contribution is 2.58. The van der Waals surface area contributed by atoms with Crippen molar-refractivity contribution in [1.29, 1.82) is 0 Å². The molecule has 0 unspecified atom stereocenters. The number of carbonyl (C=O) groups is 3. The molecule has 1 fully saturated rings. The number of Topliss-reactive ketones (excluding diaryl/α,β-unsaturated/α-hetero) is 2. The molecular formula is C31H22N2O3S. The molecule has 0 bridgehead atoms. The molecule has 6 heteroatoms. The van der Waals surface area contributed by atoms with Gasteiger partial charge in [-0.1, -0.05) is 84.9 Å². The molecule has 1 spiro atoms. The maximum absolute atomic E-state index is 14.5. The molecule has 5 nitrogen and oxygen atoms in total. The lowest BCUT2D eigenvalue weighted by Crippen LogP contribution is -2.51. The van der Waals surface area contributed by atoms with E-state index < -0.39 is 23.4 Å². The first-order valence-electron chi connectivity index (χ1n) is 12.3. The highest BCUT2D eigenvalue weighted by atomic mass is 32.1. The van der Waals surface area contributed by atoms with Crippen LogP contribution >= 0.6 is 11.3 Å². The van der Waals surface area contributed by atoms with Crippen LogP contribution in [0.5, 0.6) is 0 Å². The van der Waals surface area contributed by atoms with E-state index in [1.165, 1.54) is 11.3 Å². The average Bonchev–Trinajstić information content (AvgIpc) is 3.65. The Morgan fingerprint density at radius 3 is 2.41 bits per heavy atom. The van der Waals surface area contributed by atoms with E-state index in [1.54, 1.807) is 18.2 Å². The molecule has 37 heavy (non-hydrogen) atoms. The quantitative estimate of drug-likeness (QED) is 0.369. The number of rotatable bonds is 4. The van der Waals surface area contributed by atoms with Gasteiger partial charge in [-0.25, -0.2) is 0 Å². The van der Waals surface area contributed by atoms with Gasteiger partial charge >= 0.3 is 0 Å². The van der Waals surface area contributed by atoms with Gasteiger partial charge in [0.05, 0.1) is 16.8 Å². The molecule has 1 aromatic heterocycles. The molecule has 1 amide bonds. The third kappa shape index (κ3) is 2.93. The van der Waals surface area contributed by atoms with Crippen LogP contribution in [-0.4, -0.2) is 29.6 Å². The Hall–Kier alpha value is -4.29. The number of nitrogens with one attached hydrogen (secondary N) is 1. The molecule has 1 saturated heterocycles. The van der Waals surface area contributed by atoms with Crippen molar-refractivity contribution in [2.45, 2.75) is 17.5 Å². The molecule has 7 rings (SSSR count). The summed E-state index contributed by atoms with van der Waals surface area (Å²) in [5.74, 6) is -1.53. The van der Waals surface area contributed by atoms with Gasteiger partial charge in [-0.05, 0) is 34.7 Å². The van der Waals surface area contributed by atoms with Gasteiger partial charge in [-0.3, -0.25) is 14.4 Å². The van der Waals surface area contributed by atoms with Crippen molar-refractivity contribution in [3.8, 4) is 0 Å². The van der Waals surface area contributed by atoms with Gasteiger partial charge in [0.15, 0.2) is 11.6 Å². The Balaban J connectivity index is 1.55. The number of fused-ring (bicyclic) bond motifs is 6. The smallest absolute Gasteiger partial charge is 0.238 e. The summed E-state index contributed by atoms with van der Waals surface area (Å²) >= 11 is 1.36. The van der Waals surface area contributed by atoms with Crippen LogP contribution in [0.2, 0.25) is 0 Å². The Morgan fingerprint density at radius 2 is 1.59 bits per heavy atom. The van der Waals surface area contributed by atoms with Crippen LogP contribution in [0.3, 0.4) is 0 Å². The maximum atomic E-state index is 14.5.